The van der Waals surface area contributed by atoms with Crippen molar-refractivity contribution in [1.82, 2.24) is 0 Å². The standard InChI is InChI=1S/C16H19ClN2O/c1-16(8-2-3-9-16)15(20)19-14-11-12(5-4-10-18)6-7-13(14)17/h6-7,11H,2-3,8-10,18H2,1H3,(H,19,20). The second kappa shape index (κ2) is 6.30. The fourth-order valence-corrected chi connectivity index (χ4v) is 2.67. The van der Waals surface area contributed by atoms with Crippen molar-refractivity contribution in [3.8, 4) is 11.8 Å². The van der Waals surface area contributed by atoms with Crippen molar-refractivity contribution in [3.63, 3.8) is 0 Å². The number of halogens is 1. The highest BCUT2D eigenvalue weighted by molar-refractivity contribution is 6.33. The van der Waals surface area contributed by atoms with E-state index >= 15 is 0 Å². The predicted molar refractivity (Wildman–Crippen MR) is 82.6 cm³/mol. The topological polar surface area (TPSA) is 55.1 Å². The Labute approximate surface area is 124 Å². The van der Waals surface area contributed by atoms with Crippen LogP contribution in [0.15, 0.2) is 18.2 Å². The van der Waals surface area contributed by atoms with E-state index in [0.29, 0.717) is 17.3 Å². The Balaban J connectivity index is 2.18. The van der Waals surface area contributed by atoms with Crippen LogP contribution in [0.1, 0.15) is 38.2 Å². The van der Waals surface area contributed by atoms with Gasteiger partial charge in [0.25, 0.3) is 0 Å². The van der Waals surface area contributed by atoms with Gasteiger partial charge in [-0.2, -0.15) is 0 Å². The largest absolute Gasteiger partial charge is 0.324 e. The molecule has 0 saturated heterocycles. The van der Waals surface area contributed by atoms with Crippen molar-refractivity contribution in [2.45, 2.75) is 32.6 Å². The monoisotopic (exact) mass is 290 g/mol. The number of amides is 1. The first kappa shape index (κ1) is 14.9. The molecule has 3 N–H and O–H groups in total. The molecule has 1 amide bonds. The van der Waals surface area contributed by atoms with Gasteiger partial charge in [0.15, 0.2) is 0 Å². The number of carbonyl (C=O) groups is 1. The van der Waals surface area contributed by atoms with Gasteiger partial charge in [-0.25, -0.2) is 0 Å². The zero-order valence-corrected chi connectivity index (χ0v) is 12.4. The molecule has 3 nitrogen and oxygen atoms in total. The van der Waals surface area contributed by atoms with Crippen LogP contribution in [-0.2, 0) is 4.79 Å². The molecule has 20 heavy (non-hydrogen) atoms. The summed E-state index contributed by atoms with van der Waals surface area (Å²) in [5.41, 5.74) is 6.50. The van der Waals surface area contributed by atoms with Gasteiger partial charge in [-0.1, -0.05) is 43.2 Å². The van der Waals surface area contributed by atoms with E-state index in [1.165, 1.54) is 0 Å². The van der Waals surface area contributed by atoms with E-state index in [4.69, 9.17) is 17.3 Å². The van der Waals surface area contributed by atoms with Gasteiger partial charge in [-0.05, 0) is 31.0 Å². The summed E-state index contributed by atoms with van der Waals surface area (Å²) in [6.07, 6.45) is 4.09. The van der Waals surface area contributed by atoms with Crippen LogP contribution in [0, 0.1) is 17.3 Å². The molecular formula is C16H19ClN2O. The van der Waals surface area contributed by atoms with Crippen LogP contribution in [0.25, 0.3) is 0 Å². The van der Waals surface area contributed by atoms with Gasteiger partial charge in [0.1, 0.15) is 0 Å². The summed E-state index contributed by atoms with van der Waals surface area (Å²) in [5, 5.41) is 3.47. The molecule has 1 aliphatic carbocycles. The fraction of sp³-hybridized carbons (Fsp3) is 0.438. The Kier molecular flexibility index (Phi) is 4.69. The summed E-state index contributed by atoms with van der Waals surface area (Å²) in [5.74, 6) is 5.77. The minimum absolute atomic E-state index is 0.0424. The quantitative estimate of drug-likeness (QED) is 0.822. The summed E-state index contributed by atoms with van der Waals surface area (Å²) < 4.78 is 0. The molecule has 1 aromatic rings. The normalized spacial score (nSPS) is 16.4. The van der Waals surface area contributed by atoms with Gasteiger partial charge in [-0.15, -0.1) is 0 Å². The lowest BCUT2D eigenvalue weighted by atomic mass is 9.88. The van der Waals surface area contributed by atoms with E-state index in [2.05, 4.69) is 17.2 Å². The molecule has 0 heterocycles. The lowest BCUT2D eigenvalue weighted by molar-refractivity contribution is -0.124. The van der Waals surface area contributed by atoms with Crippen LogP contribution in [0.5, 0.6) is 0 Å². The summed E-state index contributed by atoms with van der Waals surface area (Å²) in [6.45, 7) is 2.32. The summed E-state index contributed by atoms with van der Waals surface area (Å²) in [6, 6.07) is 5.35. The Morgan fingerprint density at radius 1 is 1.45 bits per heavy atom. The molecule has 0 aromatic heterocycles. The maximum atomic E-state index is 12.4. The summed E-state index contributed by atoms with van der Waals surface area (Å²) in [4.78, 5) is 12.4. The average molecular weight is 291 g/mol. The number of nitrogens with one attached hydrogen (secondary N) is 1. The SMILES string of the molecule is CC1(C(=O)Nc2cc(C#CCN)ccc2Cl)CCCC1. The number of carbonyl (C=O) groups excluding carboxylic acids is 1. The molecule has 1 fully saturated rings. The van der Waals surface area contributed by atoms with Crippen LogP contribution in [0.2, 0.25) is 5.02 Å². The van der Waals surface area contributed by atoms with Gasteiger partial charge in [0, 0.05) is 11.0 Å². The molecule has 2 rings (SSSR count). The second-order valence-electron chi connectivity index (χ2n) is 5.42. The highest BCUT2D eigenvalue weighted by Gasteiger charge is 2.36. The van der Waals surface area contributed by atoms with Crippen molar-refractivity contribution in [2.75, 3.05) is 11.9 Å². The number of anilines is 1. The van der Waals surface area contributed by atoms with Crippen LogP contribution in [-0.4, -0.2) is 12.5 Å². The third-order valence-electron chi connectivity index (χ3n) is 3.80. The van der Waals surface area contributed by atoms with Crippen molar-refractivity contribution in [3.05, 3.63) is 28.8 Å². The average Bonchev–Trinajstić information content (AvgIpc) is 2.88. The lowest BCUT2D eigenvalue weighted by Gasteiger charge is -2.22. The number of hydrogen-bond donors (Lipinski definition) is 2. The molecule has 1 aromatic carbocycles. The zero-order chi connectivity index (χ0) is 14.6. The van der Waals surface area contributed by atoms with Crippen LogP contribution < -0.4 is 11.1 Å². The number of nitrogens with two attached hydrogens (primary N) is 1. The molecule has 0 atom stereocenters. The van der Waals surface area contributed by atoms with E-state index in [-0.39, 0.29) is 11.3 Å². The molecule has 0 aliphatic heterocycles. The molecule has 0 unspecified atom stereocenters. The molecule has 1 aliphatic rings. The highest BCUT2D eigenvalue weighted by Crippen LogP contribution is 2.39. The van der Waals surface area contributed by atoms with Crippen LogP contribution >= 0.6 is 11.6 Å². The summed E-state index contributed by atoms with van der Waals surface area (Å²) >= 11 is 6.14. The van der Waals surface area contributed by atoms with Crippen molar-refractivity contribution in [1.29, 1.82) is 0 Å². The Bertz CT molecular complexity index is 566. The van der Waals surface area contributed by atoms with E-state index < -0.39 is 0 Å². The molecule has 1 saturated carbocycles. The molecular weight excluding hydrogens is 272 g/mol. The lowest BCUT2D eigenvalue weighted by Crippen LogP contribution is -2.30. The number of benzene rings is 1. The molecule has 4 heteroatoms. The van der Waals surface area contributed by atoms with Gasteiger partial charge in [0.2, 0.25) is 5.91 Å². The minimum atomic E-state index is -0.276. The first-order valence-corrected chi connectivity index (χ1v) is 7.23. The first-order valence-electron chi connectivity index (χ1n) is 6.85. The van der Waals surface area contributed by atoms with Crippen LogP contribution in [0.3, 0.4) is 0 Å². The number of rotatable bonds is 2. The molecule has 0 bridgehead atoms. The van der Waals surface area contributed by atoms with Crippen molar-refractivity contribution >= 4 is 23.2 Å². The van der Waals surface area contributed by atoms with Gasteiger partial charge in [0.05, 0.1) is 17.3 Å². The fourth-order valence-electron chi connectivity index (χ4n) is 2.51. The predicted octanol–water partition coefficient (Wildman–Crippen LogP) is 3.17. The van der Waals surface area contributed by atoms with Crippen LogP contribution in [0.4, 0.5) is 5.69 Å². The zero-order valence-electron chi connectivity index (χ0n) is 11.6. The maximum absolute atomic E-state index is 12.4. The number of hydrogen-bond acceptors (Lipinski definition) is 2. The maximum Gasteiger partial charge on any atom is 0.230 e. The van der Waals surface area contributed by atoms with Gasteiger partial charge >= 0.3 is 0 Å². The Hall–Kier alpha value is -1.50. The van der Waals surface area contributed by atoms with Gasteiger partial charge < -0.3 is 11.1 Å². The van der Waals surface area contributed by atoms with E-state index in [1.54, 1.807) is 12.1 Å². The molecule has 0 spiro atoms. The smallest absolute Gasteiger partial charge is 0.230 e. The third kappa shape index (κ3) is 3.33. The van der Waals surface area contributed by atoms with Crippen molar-refractivity contribution in [2.24, 2.45) is 11.1 Å². The third-order valence-corrected chi connectivity index (χ3v) is 4.13. The first-order chi connectivity index (χ1) is 9.55. The second-order valence-corrected chi connectivity index (χ2v) is 5.83. The van der Waals surface area contributed by atoms with E-state index in [0.717, 1.165) is 31.2 Å². The molecule has 0 radical (unpaired) electrons. The highest BCUT2D eigenvalue weighted by atomic mass is 35.5. The van der Waals surface area contributed by atoms with Crippen molar-refractivity contribution < 1.29 is 4.79 Å². The van der Waals surface area contributed by atoms with E-state index in [1.807, 2.05) is 13.0 Å². The minimum Gasteiger partial charge on any atom is -0.324 e. The summed E-state index contributed by atoms with van der Waals surface area (Å²) in [7, 11) is 0. The Morgan fingerprint density at radius 3 is 2.80 bits per heavy atom. The van der Waals surface area contributed by atoms with Gasteiger partial charge in [-0.3, -0.25) is 4.79 Å². The molecule has 106 valence electrons. The van der Waals surface area contributed by atoms with E-state index in [9.17, 15) is 4.79 Å². The Morgan fingerprint density at radius 2 is 2.15 bits per heavy atom.